The van der Waals surface area contributed by atoms with Crippen LogP contribution >= 0.6 is 0 Å². The van der Waals surface area contributed by atoms with E-state index in [1.165, 1.54) is 16.8 Å². The molecule has 4 aromatic rings. The molecule has 0 spiro atoms. The third-order valence-electron chi connectivity index (χ3n) is 9.35. The van der Waals surface area contributed by atoms with E-state index in [0.29, 0.717) is 25.3 Å². The highest BCUT2D eigenvalue weighted by Gasteiger charge is 2.30. The van der Waals surface area contributed by atoms with Gasteiger partial charge in [0.25, 0.3) is 0 Å². The summed E-state index contributed by atoms with van der Waals surface area (Å²) in [6.45, 7) is 7.66. The Bertz CT molecular complexity index is 1820. The van der Waals surface area contributed by atoms with E-state index in [0.717, 1.165) is 67.2 Å². The molecular formula is C43H50N4O6. The van der Waals surface area contributed by atoms with E-state index in [9.17, 15) is 4.79 Å². The van der Waals surface area contributed by atoms with Gasteiger partial charge in [0.1, 0.15) is 36.9 Å². The van der Waals surface area contributed by atoms with Crippen molar-refractivity contribution in [2.75, 3.05) is 40.0 Å². The predicted molar refractivity (Wildman–Crippen MR) is 207 cm³/mol. The Balaban J connectivity index is 0.999. The van der Waals surface area contributed by atoms with Gasteiger partial charge < -0.3 is 29.1 Å². The monoisotopic (exact) mass is 718 g/mol. The summed E-state index contributed by atoms with van der Waals surface area (Å²) in [7, 11) is 1.62. The maximum Gasteiger partial charge on any atom is 0.407 e. The molecule has 0 unspecified atom stereocenters. The molecule has 0 bridgehead atoms. The molecule has 2 aliphatic heterocycles. The van der Waals surface area contributed by atoms with Crippen molar-refractivity contribution in [1.29, 1.82) is 0 Å². The van der Waals surface area contributed by atoms with Crippen LogP contribution < -0.4 is 14.8 Å². The summed E-state index contributed by atoms with van der Waals surface area (Å²) >= 11 is 0. The number of nitrogens with one attached hydrogen (secondary N) is 1. The second-order valence-corrected chi connectivity index (χ2v) is 13.3. The second kappa shape index (κ2) is 19.0. The summed E-state index contributed by atoms with van der Waals surface area (Å²) in [4.78, 5) is 25.6. The predicted octanol–water partition coefficient (Wildman–Crippen LogP) is 7.86. The van der Waals surface area contributed by atoms with Gasteiger partial charge in [-0.3, -0.25) is 9.88 Å². The van der Waals surface area contributed by atoms with Crippen LogP contribution in [-0.4, -0.2) is 80.0 Å². The lowest BCUT2D eigenvalue weighted by molar-refractivity contribution is -0.0808. The molecular weight excluding hydrogens is 668 g/mol. The van der Waals surface area contributed by atoms with Gasteiger partial charge in [-0.1, -0.05) is 78.8 Å². The number of hydrogen-bond acceptors (Lipinski definition) is 9. The SMILES string of the molecule is CCCNC(=O)OC[C@H]1O[C@H](CCO/N=C(\C)CCN2CCc3nc(-c4ccccc4)c(-c4ccccc4)cc3C2)C=C[C@@H]1Oc1ccc(OC)cc1. The number of methoxy groups -OCH3 is 1. The van der Waals surface area contributed by atoms with Gasteiger partial charge in [0.15, 0.2) is 0 Å². The van der Waals surface area contributed by atoms with E-state index in [1.54, 1.807) is 7.11 Å². The quantitative estimate of drug-likeness (QED) is 0.0541. The first-order valence-electron chi connectivity index (χ1n) is 18.6. The standard InChI is InChI=1S/C43H50N4O6/c1-4-24-44-43(48)50-30-41-40(52-36-17-15-35(49-3)16-18-36)20-19-37(53-41)23-27-51-46-31(2)21-25-47-26-22-39-34(29-47)28-38(32-11-7-5-8-12-32)42(45-39)33-13-9-6-10-14-33/h5-20,28,37,40-41H,4,21-27,29-30H2,1-3H3,(H,44,48)/b46-31+/t37-,40-,41+/m0/s1. The number of nitrogens with zero attached hydrogens (tertiary/aromatic N) is 3. The third-order valence-corrected chi connectivity index (χ3v) is 9.35. The number of pyridine rings is 1. The fourth-order valence-electron chi connectivity index (χ4n) is 6.43. The van der Waals surface area contributed by atoms with Crippen LogP contribution in [0.5, 0.6) is 11.5 Å². The minimum absolute atomic E-state index is 0.0497. The van der Waals surface area contributed by atoms with Gasteiger partial charge in [0, 0.05) is 62.3 Å². The lowest BCUT2D eigenvalue weighted by atomic mass is 9.94. The van der Waals surface area contributed by atoms with Crippen LogP contribution in [0.25, 0.3) is 22.4 Å². The molecule has 10 heteroatoms. The molecule has 1 amide bonds. The lowest BCUT2D eigenvalue weighted by Gasteiger charge is -2.32. The Morgan fingerprint density at radius 2 is 1.72 bits per heavy atom. The van der Waals surface area contributed by atoms with Gasteiger partial charge >= 0.3 is 6.09 Å². The molecule has 278 valence electrons. The molecule has 3 atom stereocenters. The number of alkyl carbamates (subject to hydrolysis) is 1. The highest BCUT2D eigenvalue weighted by Crippen LogP contribution is 2.34. The number of hydrogen-bond donors (Lipinski definition) is 1. The zero-order valence-electron chi connectivity index (χ0n) is 30.9. The average Bonchev–Trinajstić information content (AvgIpc) is 3.21. The molecule has 2 aliphatic rings. The van der Waals surface area contributed by atoms with Crippen LogP contribution in [0.4, 0.5) is 4.79 Å². The summed E-state index contributed by atoms with van der Waals surface area (Å²) in [6, 6.07) is 30.7. The first-order valence-corrected chi connectivity index (χ1v) is 18.6. The molecule has 0 radical (unpaired) electrons. The van der Waals surface area contributed by atoms with E-state index >= 15 is 0 Å². The Kier molecular flexibility index (Phi) is 13.5. The van der Waals surface area contributed by atoms with Gasteiger partial charge in [-0.05, 0) is 60.9 Å². The van der Waals surface area contributed by atoms with E-state index in [4.69, 9.17) is 28.8 Å². The molecule has 10 nitrogen and oxygen atoms in total. The molecule has 53 heavy (non-hydrogen) atoms. The van der Waals surface area contributed by atoms with Crippen molar-refractivity contribution >= 4 is 11.8 Å². The smallest absolute Gasteiger partial charge is 0.407 e. The maximum absolute atomic E-state index is 12.2. The maximum atomic E-state index is 12.2. The molecule has 3 heterocycles. The van der Waals surface area contributed by atoms with Crippen LogP contribution in [0.2, 0.25) is 0 Å². The number of aromatic nitrogens is 1. The number of fused-ring (bicyclic) bond motifs is 1. The Labute approximate surface area is 312 Å². The highest BCUT2D eigenvalue weighted by molar-refractivity contribution is 5.82. The molecule has 6 rings (SSSR count). The largest absolute Gasteiger partial charge is 0.497 e. The number of ether oxygens (including phenoxy) is 4. The summed E-state index contributed by atoms with van der Waals surface area (Å²) in [6.07, 6.45) is 5.41. The molecule has 0 saturated heterocycles. The second-order valence-electron chi connectivity index (χ2n) is 13.3. The van der Waals surface area contributed by atoms with Crippen LogP contribution in [0.15, 0.2) is 108 Å². The molecule has 1 N–H and O–H groups in total. The number of oxime groups is 1. The molecule has 3 aromatic carbocycles. The van der Waals surface area contributed by atoms with Crippen LogP contribution in [-0.2, 0) is 27.3 Å². The summed E-state index contributed by atoms with van der Waals surface area (Å²) in [5.74, 6) is 1.40. The average molecular weight is 719 g/mol. The van der Waals surface area contributed by atoms with E-state index in [2.05, 4.69) is 70.0 Å². The first kappa shape index (κ1) is 37.6. The summed E-state index contributed by atoms with van der Waals surface area (Å²) in [5.41, 5.74) is 7.92. The van der Waals surface area contributed by atoms with Crippen molar-refractivity contribution in [2.24, 2.45) is 5.16 Å². The number of amides is 1. The number of rotatable bonds is 16. The van der Waals surface area contributed by atoms with Gasteiger partial charge in [-0.15, -0.1) is 0 Å². The van der Waals surface area contributed by atoms with Crippen molar-refractivity contribution < 1.29 is 28.6 Å². The minimum Gasteiger partial charge on any atom is -0.497 e. The van der Waals surface area contributed by atoms with E-state index < -0.39 is 18.3 Å². The molecule has 1 aromatic heterocycles. The fourth-order valence-corrected chi connectivity index (χ4v) is 6.43. The van der Waals surface area contributed by atoms with Crippen molar-refractivity contribution in [3.63, 3.8) is 0 Å². The van der Waals surface area contributed by atoms with Gasteiger partial charge in [0.2, 0.25) is 0 Å². The van der Waals surface area contributed by atoms with E-state index in [1.807, 2.05) is 62.4 Å². The molecule has 0 fully saturated rings. The highest BCUT2D eigenvalue weighted by atomic mass is 16.6. The normalized spacial score (nSPS) is 18.5. The number of benzene rings is 3. The van der Waals surface area contributed by atoms with Crippen LogP contribution in [0.1, 0.15) is 44.4 Å². The number of carbonyl (C=O) groups excluding carboxylic acids is 1. The van der Waals surface area contributed by atoms with Crippen LogP contribution in [0.3, 0.4) is 0 Å². The Morgan fingerprint density at radius 1 is 0.981 bits per heavy atom. The van der Waals surface area contributed by atoms with Gasteiger partial charge in [0.05, 0.1) is 24.6 Å². The molecule has 0 saturated carbocycles. The van der Waals surface area contributed by atoms with Crippen molar-refractivity contribution in [2.45, 2.75) is 64.4 Å². The van der Waals surface area contributed by atoms with E-state index in [-0.39, 0.29) is 12.7 Å². The van der Waals surface area contributed by atoms with Gasteiger partial charge in [-0.2, -0.15) is 0 Å². The zero-order chi connectivity index (χ0) is 36.8. The van der Waals surface area contributed by atoms with Crippen molar-refractivity contribution in [3.05, 3.63) is 114 Å². The lowest BCUT2D eigenvalue weighted by Crippen LogP contribution is -2.43. The van der Waals surface area contributed by atoms with Gasteiger partial charge in [-0.25, -0.2) is 4.79 Å². The topological polar surface area (TPSA) is 104 Å². The Morgan fingerprint density at radius 3 is 2.45 bits per heavy atom. The van der Waals surface area contributed by atoms with Crippen molar-refractivity contribution in [3.8, 4) is 33.9 Å². The first-order chi connectivity index (χ1) is 26.0. The minimum atomic E-state index is -0.497. The van der Waals surface area contributed by atoms with Crippen LogP contribution in [0, 0.1) is 0 Å². The third kappa shape index (κ3) is 10.7. The summed E-state index contributed by atoms with van der Waals surface area (Å²) in [5, 5.41) is 7.15. The summed E-state index contributed by atoms with van der Waals surface area (Å²) < 4.78 is 23.2. The number of carbonyl (C=O) groups is 1. The zero-order valence-corrected chi connectivity index (χ0v) is 30.9. The fraction of sp³-hybridized carbons (Fsp3) is 0.372. The van der Waals surface area contributed by atoms with Crippen molar-refractivity contribution in [1.82, 2.24) is 15.2 Å². The Hall–Kier alpha value is -5.19. The molecule has 0 aliphatic carbocycles.